The summed E-state index contributed by atoms with van der Waals surface area (Å²) in [6.45, 7) is 3.12. The minimum Gasteiger partial charge on any atom is -0.289 e. The minimum absolute atomic E-state index is 0.579. The van der Waals surface area contributed by atoms with Crippen LogP contribution < -0.4 is 0 Å². The lowest BCUT2D eigenvalue weighted by Crippen LogP contribution is -2.37. The summed E-state index contributed by atoms with van der Waals surface area (Å²) in [7, 11) is 0. The normalized spacial score (nSPS) is 22.6. The second-order valence-corrected chi connectivity index (χ2v) is 7.71. The van der Waals surface area contributed by atoms with Crippen molar-refractivity contribution in [1.82, 2.24) is 9.88 Å². The summed E-state index contributed by atoms with van der Waals surface area (Å²) in [5.41, 5.74) is 6.49. The molecule has 0 N–H and O–H groups in total. The van der Waals surface area contributed by atoms with Crippen LogP contribution in [-0.2, 0) is 6.54 Å². The van der Waals surface area contributed by atoms with Crippen molar-refractivity contribution in [1.29, 1.82) is 0 Å². The summed E-state index contributed by atoms with van der Waals surface area (Å²) in [5.74, 6) is 0. The van der Waals surface area contributed by atoms with Crippen LogP contribution in [0.4, 0.5) is 0 Å². The average Bonchev–Trinajstić information content (AvgIpc) is 2.90. The Bertz CT molecular complexity index is 974. The molecule has 2 aliphatic rings. The van der Waals surface area contributed by atoms with Crippen LogP contribution in [0, 0.1) is 6.92 Å². The maximum atomic E-state index is 4.64. The van der Waals surface area contributed by atoms with E-state index in [-0.39, 0.29) is 0 Å². The Hall–Kier alpha value is -2.45. The molecule has 3 aromatic rings. The molecule has 1 aromatic heterocycles. The van der Waals surface area contributed by atoms with Crippen molar-refractivity contribution >= 4 is 16.5 Å². The second kappa shape index (κ2) is 6.37. The van der Waals surface area contributed by atoms with Gasteiger partial charge in [0.05, 0.1) is 5.52 Å². The molecule has 2 aromatic carbocycles. The molecule has 2 bridgehead atoms. The molecule has 3 heterocycles. The molecule has 2 atom stereocenters. The van der Waals surface area contributed by atoms with Crippen molar-refractivity contribution in [2.45, 2.75) is 44.8 Å². The van der Waals surface area contributed by atoms with Gasteiger partial charge < -0.3 is 0 Å². The topological polar surface area (TPSA) is 16.1 Å². The molecule has 2 aliphatic heterocycles. The number of fused-ring (bicyclic) bond motifs is 3. The summed E-state index contributed by atoms with van der Waals surface area (Å²) in [4.78, 5) is 7.33. The van der Waals surface area contributed by atoms with Gasteiger partial charge in [0.15, 0.2) is 0 Å². The molecular weight excluding hydrogens is 316 g/mol. The van der Waals surface area contributed by atoms with Gasteiger partial charge in [-0.1, -0.05) is 48.5 Å². The van der Waals surface area contributed by atoms with Crippen LogP contribution in [0.1, 0.15) is 36.1 Å². The molecule has 2 nitrogen and oxygen atoms in total. The van der Waals surface area contributed by atoms with E-state index in [9.17, 15) is 0 Å². The zero-order valence-electron chi connectivity index (χ0n) is 15.2. The van der Waals surface area contributed by atoms with Gasteiger partial charge in [-0.15, -0.1) is 0 Å². The van der Waals surface area contributed by atoms with Crippen LogP contribution in [0.15, 0.2) is 66.7 Å². The zero-order chi connectivity index (χ0) is 17.5. The Balaban J connectivity index is 1.43. The van der Waals surface area contributed by atoms with Gasteiger partial charge in [-0.25, -0.2) is 0 Å². The number of benzene rings is 2. The molecule has 130 valence electrons. The molecule has 0 aliphatic carbocycles. The molecule has 0 saturated carbocycles. The summed E-state index contributed by atoms with van der Waals surface area (Å²) in [6.07, 6.45) is 6.28. The molecule has 1 saturated heterocycles. The number of aryl methyl sites for hydroxylation is 1. The van der Waals surface area contributed by atoms with E-state index in [2.05, 4.69) is 83.5 Å². The maximum Gasteiger partial charge on any atom is 0.0705 e. The molecule has 1 fully saturated rings. The average molecular weight is 340 g/mol. The quantitative estimate of drug-likeness (QED) is 0.638. The fraction of sp³-hybridized carbons (Fsp3) is 0.292. The third-order valence-corrected chi connectivity index (χ3v) is 5.95. The van der Waals surface area contributed by atoms with E-state index in [1.54, 1.807) is 0 Å². The molecule has 26 heavy (non-hydrogen) atoms. The largest absolute Gasteiger partial charge is 0.289 e. The molecule has 2 unspecified atom stereocenters. The van der Waals surface area contributed by atoms with E-state index in [1.165, 1.54) is 34.9 Å². The van der Waals surface area contributed by atoms with E-state index >= 15 is 0 Å². The zero-order valence-corrected chi connectivity index (χ0v) is 15.2. The van der Waals surface area contributed by atoms with Crippen LogP contribution in [-0.4, -0.2) is 22.0 Å². The number of pyridine rings is 1. The summed E-state index contributed by atoms with van der Waals surface area (Å²) < 4.78 is 0. The van der Waals surface area contributed by atoms with Gasteiger partial charge in [0.2, 0.25) is 0 Å². The van der Waals surface area contributed by atoms with Crippen molar-refractivity contribution in [3.8, 4) is 0 Å². The van der Waals surface area contributed by atoms with E-state index in [4.69, 9.17) is 0 Å². The first-order valence-corrected chi connectivity index (χ1v) is 9.64. The standard InChI is InChI=1S/C24H24N2/c1-17-7-8-20-13-19(9-12-24(20)25-17)21-14-22-10-11-23(15-21)26(22)16-18-5-3-2-4-6-18/h2-9,12-14,22-23H,10-11,15-16H2,1H3. The Morgan fingerprint density at radius 1 is 1.00 bits per heavy atom. The molecule has 2 heteroatoms. The van der Waals surface area contributed by atoms with Crippen LogP contribution in [0.2, 0.25) is 0 Å². The Labute approximate surface area is 155 Å². The number of hydrogen-bond acceptors (Lipinski definition) is 2. The van der Waals surface area contributed by atoms with Crippen molar-refractivity contribution in [3.05, 3.63) is 83.6 Å². The van der Waals surface area contributed by atoms with E-state index < -0.39 is 0 Å². The lowest BCUT2D eigenvalue weighted by molar-refractivity contribution is 0.203. The minimum atomic E-state index is 0.579. The van der Waals surface area contributed by atoms with Crippen molar-refractivity contribution in [2.24, 2.45) is 0 Å². The van der Waals surface area contributed by atoms with E-state index in [0.29, 0.717) is 12.1 Å². The molecule has 0 spiro atoms. The highest BCUT2D eigenvalue weighted by molar-refractivity contribution is 5.84. The van der Waals surface area contributed by atoms with E-state index in [1.807, 2.05) is 0 Å². The Kier molecular flexibility index (Phi) is 3.86. The third-order valence-electron chi connectivity index (χ3n) is 5.95. The summed E-state index contributed by atoms with van der Waals surface area (Å²) in [6, 6.07) is 23.2. The number of rotatable bonds is 3. The van der Waals surface area contributed by atoms with Gasteiger partial charge >= 0.3 is 0 Å². The lowest BCUT2D eigenvalue weighted by Gasteiger charge is -2.34. The van der Waals surface area contributed by atoms with Gasteiger partial charge in [-0.3, -0.25) is 9.88 Å². The molecule has 0 radical (unpaired) electrons. The van der Waals surface area contributed by atoms with E-state index in [0.717, 1.165) is 24.2 Å². The van der Waals surface area contributed by atoms with Gasteiger partial charge in [0.25, 0.3) is 0 Å². The Morgan fingerprint density at radius 2 is 1.88 bits per heavy atom. The van der Waals surface area contributed by atoms with Gasteiger partial charge in [0, 0.05) is 29.7 Å². The van der Waals surface area contributed by atoms with Crippen molar-refractivity contribution in [3.63, 3.8) is 0 Å². The summed E-state index contributed by atoms with van der Waals surface area (Å²) >= 11 is 0. The second-order valence-electron chi connectivity index (χ2n) is 7.71. The predicted octanol–water partition coefficient (Wildman–Crippen LogP) is 5.36. The highest BCUT2D eigenvalue weighted by atomic mass is 15.2. The highest BCUT2D eigenvalue weighted by Gasteiger charge is 2.36. The summed E-state index contributed by atoms with van der Waals surface area (Å²) in [5, 5.41) is 1.24. The molecule has 0 amide bonds. The molecule has 5 rings (SSSR count). The van der Waals surface area contributed by atoms with Crippen LogP contribution in [0.25, 0.3) is 16.5 Å². The fourth-order valence-electron chi connectivity index (χ4n) is 4.60. The number of hydrogen-bond donors (Lipinski definition) is 0. The van der Waals surface area contributed by atoms with Gasteiger partial charge in [0.1, 0.15) is 0 Å². The van der Waals surface area contributed by atoms with Gasteiger partial charge in [-0.05, 0) is 61.1 Å². The number of aromatic nitrogens is 1. The monoisotopic (exact) mass is 340 g/mol. The fourth-order valence-corrected chi connectivity index (χ4v) is 4.60. The van der Waals surface area contributed by atoms with Crippen LogP contribution >= 0.6 is 0 Å². The van der Waals surface area contributed by atoms with Crippen LogP contribution in [0.3, 0.4) is 0 Å². The Morgan fingerprint density at radius 3 is 2.73 bits per heavy atom. The number of nitrogens with zero attached hydrogens (tertiary/aromatic N) is 2. The van der Waals surface area contributed by atoms with Crippen LogP contribution in [0.5, 0.6) is 0 Å². The first-order chi connectivity index (χ1) is 12.8. The predicted molar refractivity (Wildman–Crippen MR) is 108 cm³/mol. The first-order valence-electron chi connectivity index (χ1n) is 9.64. The SMILES string of the molecule is Cc1ccc2cc(C3=CC4CCC(C3)N4Cc3ccccc3)ccc2n1. The van der Waals surface area contributed by atoms with Crippen molar-refractivity contribution in [2.75, 3.05) is 0 Å². The highest BCUT2D eigenvalue weighted by Crippen LogP contribution is 2.39. The smallest absolute Gasteiger partial charge is 0.0705 e. The van der Waals surface area contributed by atoms with Gasteiger partial charge in [-0.2, -0.15) is 0 Å². The molecular formula is C24H24N2. The lowest BCUT2D eigenvalue weighted by atomic mass is 9.93. The van der Waals surface area contributed by atoms with Crippen molar-refractivity contribution < 1.29 is 0 Å². The third kappa shape index (κ3) is 2.85. The first kappa shape index (κ1) is 15.8. The maximum absolute atomic E-state index is 4.64.